The van der Waals surface area contributed by atoms with E-state index >= 15 is 0 Å². The Morgan fingerprint density at radius 2 is 2.15 bits per heavy atom. The zero-order valence-electron chi connectivity index (χ0n) is 16.5. The Morgan fingerprint density at radius 3 is 2.85 bits per heavy atom. The molecular formula is C22H30N2O3. The van der Waals surface area contributed by atoms with Gasteiger partial charge in [0, 0.05) is 43.6 Å². The average Bonchev–Trinajstić information content (AvgIpc) is 3.32. The highest BCUT2D eigenvalue weighted by Gasteiger charge is 2.62. The van der Waals surface area contributed by atoms with E-state index < -0.39 is 0 Å². The van der Waals surface area contributed by atoms with Crippen LogP contribution in [0.5, 0.6) is 5.75 Å². The number of amides is 1. The minimum atomic E-state index is -0.0196. The van der Waals surface area contributed by atoms with Crippen molar-refractivity contribution >= 4 is 5.91 Å². The van der Waals surface area contributed by atoms with Crippen LogP contribution in [0.2, 0.25) is 0 Å². The van der Waals surface area contributed by atoms with E-state index in [1.54, 1.807) is 7.11 Å². The van der Waals surface area contributed by atoms with Gasteiger partial charge in [0.25, 0.3) is 5.91 Å². The molecule has 4 rings (SSSR count). The second-order valence-electron chi connectivity index (χ2n) is 8.44. The number of carbonyl (C=O) groups excluding carboxylic acids is 1. The lowest BCUT2D eigenvalue weighted by Gasteiger charge is -2.29. The van der Waals surface area contributed by atoms with Gasteiger partial charge in [-0.3, -0.25) is 9.69 Å². The minimum absolute atomic E-state index is 0.0196. The Hall–Kier alpha value is -1.85. The summed E-state index contributed by atoms with van der Waals surface area (Å²) in [7, 11) is 1.63. The highest BCUT2D eigenvalue weighted by Crippen LogP contribution is 2.54. The van der Waals surface area contributed by atoms with Crippen molar-refractivity contribution in [2.45, 2.75) is 38.4 Å². The van der Waals surface area contributed by atoms with Crippen molar-refractivity contribution in [3.05, 3.63) is 41.5 Å². The number of ether oxygens (including phenoxy) is 2. The Kier molecular flexibility index (Phi) is 4.99. The van der Waals surface area contributed by atoms with Crippen molar-refractivity contribution in [1.82, 2.24) is 10.2 Å². The van der Waals surface area contributed by atoms with Crippen LogP contribution in [0.15, 0.2) is 35.9 Å². The predicted octanol–water partition coefficient (Wildman–Crippen LogP) is 2.87. The van der Waals surface area contributed by atoms with Crippen molar-refractivity contribution in [2.75, 3.05) is 33.3 Å². The van der Waals surface area contributed by atoms with E-state index in [-0.39, 0.29) is 11.5 Å². The van der Waals surface area contributed by atoms with E-state index in [4.69, 9.17) is 9.47 Å². The van der Waals surface area contributed by atoms with E-state index in [0.717, 1.165) is 38.2 Å². The Labute approximate surface area is 161 Å². The average molecular weight is 370 g/mol. The highest BCUT2D eigenvalue weighted by molar-refractivity contribution is 5.94. The third kappa shape index (κ3) is 3.50. The first-order valence-electron chi connectivity index (χ1n) is 9.96. The van der Waals surface area contributed by atoms with Crippen LogP contribution in [0, 0.1) is 11.8 Å². The summed E-state index contributed by atoms with van der Waals surface area (Å²) in [6, 6.07) is 7.26. The normalized spacial score (nSPS) is 31.6. The summed E-state index contributed by atoms with van der Waals surface area (Å²) < 4.78 is 11.6. The smallest absolute Gasteiger partial charge is 0.251 e. The number of fused-ring (bicyclic) bond motifs is 1. The highest BCUT2D eigenvalue weighted by atomic mass is 16.5. The second kappa shape index (κ2) is 7.28. The number of methoxy groups -OCH3 is 1. The number of nitrogens with zero attached hydrogens (tertiary/aromatic N) is 1. The molecule has 3 aliphatic rings. The van der Waals surface area contributed by atoms with Crippen LogP contribution in [-0.2, 0) is 4.74 Å². The van der Waals surface area contributed by atoms with Crippen LogP contribution < -0.4 is 10.1 Å². The quantitative estimate of drug-likeness (QED) is 0.783. The van der Waals surface area contributed by atoms with Gasteiger partial charge in [0.05, 0.1) is 18.8 Å². The van der Waals surface area contributed by atoms with Gasteiger partial charge >= 0.3 is 0 Å². The largest absolute Gasteiger partial charge is 0.497 e. The first-order chi connectivity index (χ1) is 13.0. The molecule has 0 aromatic heterocycles. The molecule has 4 atom stereocenters. The fourth-order valence-electron chi connectivity index (χ4n) is 5.07. The lowest BCUT2D eigenvalue weighted by molar-refractivity contribution is 0.00364. The summed E-state index contributed by atoms with van der Waals surface area (Å²) in [5, 5.41) is 3.15. The molecule has 146 valence electrons. The van der Waals surface area contributed by atoms with Crippen molar-refractivity contribution in [3.8, 4) is 5.75 Å². The molecule has 5 heteroatoms. The molecule has 3 aliphatic heterocycles. The number of benzene rings is 1. The molecule has 3 fully saturated rings. The Morgan fingerprint density at radius 1 is 1.37 bits per heavy atom. The van der Waals surface area contributed by atoms with E-state index in [9.17, 15) is 4.79 Å². The van der Waals surface area contributed by atoms with Gasteiger partial charge in [0.1, 0.15) is 5.75 Å². The molecule has 1 N–H and O–H groups in total. The van der Waals surface area contributed by atoms with Gasteiger partial charge < -0.3 is 14.8 Å². The molecule has 1 amide bonds. The molecular weight excluding hydrogens is 340 g/mol. The number of likely N-dealkylation sites (tertiary alicyclic amines) is 1. The first kappa shape index (κ1) is 18.5. The molecule has 1 aromatic carbocycles. The van der Waals surface area contributed by atoms with Crippen LogP contribution in [-0.4, -0.2) is 55.8 Å². The molecule has 1 aromatic rings. The topological polar surface area (TPSA) is 50.8 Å². The molecule has 5 nitrogen and oxygen atoms in total. The molecule has 0 aliphatic carbocycles. The van der Waals surface area contributed by atoms with Crippen LogP contribution in [0.4, 0.5) is 0 Å². The molecule has 0 saturated carbocycles. The molecule has 1 spiro atoms. The van der Waals surface area contributed by atoms with Crippen LogP contribution in [0.1, 0.15) is 37.0 Å². The van der Waals surface area contributed by atoms with E-state index in [0.29, 0.717) is 30.0 Å². The number of rotatable bonds is 6. The third-order valence-electron chi connectivity index (χ3n) is 6.46. The monoisotopic (exact) mass is 370 g/mol. The zero-order valence-corrected chi connectivity index (χ0v) is 16.5. The Bertz CT molecular complexity index is 726. The summed E-state index contributed by atoms with van der Waals surface area (Å²) in [5.74, 6) is 1.68. The lowest BCUT2D eigenvalue weighted by Crippen LogP contribution is -2.41. The fraction of sp³-hybridized carbons (Fsp3) is 0.591. The fourth-order valence-corrected chi connectivity index (χ4v) is 5.07. The van der Waals surface area contributed by atoms with E-state index in [2.05, 4.69) is 30.1 Å². The van der Waals surface area contributed by atoms with E-state index in [1.807, 2.05) is 24.3 Å². The van der Waals surface area contributed by atoms with Crippen LogP contribution >= 0.6 is 0 Å². The SMILES string of the molecule is COc1ccc(C(=O)NC[C@H]2[C@H]3CN(CC=C(C)C)C[C@]34CC[C@H]2O4)cc1. The standard InChI is InChI=1S/C22H30N2O3/c1-15(2)9-11-24-13-19-18(20-8-10-22(19,14-24)27-20)12-23-21(25)16-4-6-17(26-3)7-5-16/h4-7,9,18-20H,8,10-14H2,1-3H3,(H,23,25)/t18-,19+,20+,22+/m0/s1. The maximum absolute atomic E-state index is 12.5. The summed E-state index contributed by atoms with van der Waals surface area (Å²) in [6.07, 6.45) is 4.88. The van der Waals surface area contributed by atoms with Crippen molar-refractivity contribution in [3.63, 3.8) is 0 Å². The molecule has 3 saturated heterocycles. The number of allylic oxidation sites excluding steroid dienone is 1. The van der Waals surface area contributed by atoms with Crippen LogP contribution in [0.3, 0.4) is 0 Å². The van der Waals surface area contributed by atoms with Crippen LogP contribution in [0.25, 0.3) is 0 Å². The van der Waals surface area contributed by atoms with Gasteiger partial charge in [0.15, 0.2) is 0 Å². The summed E-state index contributed by atoms with van der Waals surface area (Å²) in [6.45, 7) is 8.09. The van der Waals surface area contributed by atoms with Gasteiger partial charge in [-0.25, -0.2) is 0 Å². The minimum Gasteiger partial charge on any atom is -0.497 e. The van der Waals surface area contributed by atoms with Gasteiger partial charge in [-0.15, -0.1) is 0 Å². The van der Waals surface area contributed by atoms with Crippen molar-refractivity contribution in [2.24, 2.45) is 11.8 Å². The van der Waals surface area contributed by atoms with Crippen molar-refractivity contribution < 1.29 is 14.3 Å². The maximum Gasteiger partial charge on any atom is 0.251 e. The second-order valence-corrected chi connectivity index (χ2v) is 8.44. The van der Waals surface area contributed by atoms with E-state index in [1.165, 1.54) is 5.57 Å². The predicted molar refractivity (Wildman–Crippen MR) is 105 cm³/mol. The number of nitrogens with one attached hydrogen (secondary N) is 1. The zero-order chi connectivity index (χ0) is 19.0. The first-order valence-corrected chi connectivity index (χ1v) is 9.96. The van der Waals surface area contributed by atoms with Gasteiger partial charge in [-0.2, -0.15) is 0 Å². The van der Waals surface area contributed by atoms with Gasteiger partial charge in [0.2, 0.25) is 0 Å². The molecule has 3 heterocycles. The summed E-state index contributed by atoms with van der Waals surface area (Å²) in [4.78, 5) is 15.0. The summed E-state index contributed by atoms with van der Waals surface area (Å²) >= 11 is 0. The number of hydrogen-bond donors (Lipinski definition) is 1. The maximum atomic E-state index is 12.5. The molecule has 2 bridgehead atoms. The molecule has 0 unspecified atom stereocenters. The Balaban J connectivity index is 1.38. The van der Waals surface area contributed by atoms with Crippen molar-refractivity contribution in [1.29, 1.82) is 0 Å². The van der Waals surface area contributed by atoms with Gasteiger partial charge in [-0.05, 0) is 51.0 Å². The molecule has 0 radical (unpaired) electrons. The van der Waals surface area contributed by atoms with Gasteiger partial charge in [-0.1, -0.05) is 11.6 Å². The molecule has 27 heavy (non-hydrogen) atoms. The summed E-state index contributed by atoms with van der Waals surface area (Å²) in [5.41, 5.74) is 2.06. The number of carbonyl (C=O) groups is 1. The lowest BCUT2D eigenvalue weighted by atomic mass is 9.73. The number of hydrogen-bond acceptors (Lipinski definition) is 4. The third-order valence-corrected chi connectivity index (χ3v) is 6.46.